The normalized spacial score (nSPS) is 12.1. The van der Waals surface area contributed by atoms with Crippen LogP contribution in [-0.2, 0) is 4.79 Å². The van der Waals surface area contributed by atoms with E-state index in [1.54, 1.807) is 25.3 Å². The molecule has 1 unspecified atom stereocenters. The minimum Gasteiger partial charge on any atom is -0.355 e. The number of likely N-dealkylation sites (N-methyl/N-ethyl adjacent to an activating group) is 1. The van der Waals surface area contributed by atoms with Gasteiger partial charge >= 0.3 is 0 Å². The summed E-state index contributed by atoms with van der Waals surface area (Å²) in [5.41, 5.74) is 1.15. The number of benzene rings is 1. The van der Waals surface area contributed by atoms with Crippen molar-refractivity contribution in [3.63, 3.8) is 0 Å². The zero-order valence-corrected chi connectivity index (χ0v) is 10.9. The summed E-state index contributed by atoms with van der Waals surface area (Å²) in [6.45, 7) is 4.02. The number of hydrogen-bond donors (Lipinski definition) is 3. The second-order valence-corrected chi connectivity index (χ2v) is 4.23. The van der Waals surface area contributed by atoms with Crippen molar-refractivity contribution < 1.29 is 9.59 Å². The molecule has 0 aliphatic rings. The highest BCUT2D eigenvalue weighted by Gasteiger charge is 2.17. The van der Waals surface area contributed by atoms with Crippen molar-refractivity contribution >= 4 is 22.7 Å². The van der Waals surface area contributed by atoms with Crippen LogP contribution < -0.4 is 10.6 Å². The van der Waals surface area contributed by atoms with E-state index in [4.69, 9.17) is 0 Å². The van der Waals surface area contributed by atoms with Crippen molar-refractivity contribution in [1.29, 1.82) is 0 Å². The van der Waals surface area contributed by atoms with Crippen LogP contribution in [0.25, 0.3) is 10.9 Å². The minimum atomic E-state index is -0.578. The first-order valence-electron chi connectivity index (χ1n) is 6.14. The van der Waals surface area contributed by atoms with Crippen LogP contribution in [0.4, 0.5) is 0 Å². The van der Waals surface area contributed by atoms with Gasteiger partial charge in [-0.1, -0.05) is 12.1 Å². The molecule has 6 heteroatoms. The van der Waals surface area contributed by atoms with Crippen LogP contribution in [0.3, 0.4) is 0 Å². The topological polar surface area (TPSA) is 86.9 Å². The molecule has 1 aromatic heterocycles. The molecule has 1 aromatic carbocycles. The van der Waals surface area contributed by atoms with Crippen molar-refractivity contribution in [2.75, 3.05) is 6.54 Å². The number of aromatic nitrogens is 2. The lowest BCUT2D eigenvalue weighted by Gasteiger charge is -2.13. The number of rotatable bonds is 4. The van der Waals surface area contributed by atoms with Gasteiger partial charge in [0.05, 0.1) is 17.3 Å². The van der Waals surface area contributed by atoms with Gasteiger partial charge in [0.25, 0.3) is 5.91 Å². The summed E-state index contributed by atoms with van der Waals surface area (Å²) in [5.74, 6) is -0.499. The summed E-state index contributed by atoms with van der Waals surface area (Å²) in [7, 11) is 0. The van der Waals surface area contributed by atoms with Gasteiger partial charge in [-0.25, -0.2) is 0 Å². The number of amides is 2. The molecule has 19 heavy (non-hydrogen) atoms. The van der Waals surface area contributed by atoms with Crippen LogP contribution >= 0.6 is 0 Å². The number of fused-ring (bicyclic) bond motifs is 1. The number of nitrogens with zero attached hydrogens (tertiary/aromatic N) is 1. The van der Waals surface area contributed by atoms with Gasteiger partial charge in [0, 0.05) is 11.9 Å². The van der Waals surface area contributed by atoms with E-state index in [0.717, 1.165) is 5.39 Å². The lowest BCUT2D eigenvalue weighted by molar-refractivity contribution is -0.122. The van der Waals surface area contributed by atoms with E-state index in [1.165, 1.54) is 0 Å². The van der Waals surface area contributed by atoms with Crippen molar-refractivity contribution in [3.8, 4) is 0 Å². The fourth-order valence-corrected chi connectivity index (χ4v) is 1.83. The Labute approximate surface area is 110 Å². The number of aromatic amines is 1. The van der Waals surface area contributed by atoms with Crippen molar-refractivity contribution in [2.24, 2.45) is 0 Å². The SMILES string of the molecule is CCNC(=O)C(C)NC(=O)c1cccc2cn[nH]c12. The minimum absolute atomic E-state index is 0.201. The average molecular weight is 260 g/mol. The van der Waals surface area contributed by atoms with Crippen LogP contribution in [0.2, 0.25) is 0 Å². The van der Waals surface area contributed by atoms with E-state index < -0.39 is 6.04 Å². The maximum absolute atomic E-state index is 12.1. The fraction of sp³-hybridized carbons (Fsp3) is 0.308. The van der Waals surface area contributed by atoms with E-state index in [1.807, 2.05) is 13.0 Å². The molecule has 0 aliphatic carbocycles. The Kier molecular flexibility index (Phi) is 3.79. The maximum atomic E-state index is 12.1. The van der Waals surface area contributed by atoms with Crippen LogP contribution in [-0.4, -0.2) is 34.6 Å². The lowest BCUT2D eigenvalue weighted by atomic mass is 10.1. The molecule has 0 saturated heterocycles. The highest BCUT2D eigenvalue weighted by molar-refractivity contribution is 6.06. The average Bonchev–Trinajstić information content (AvgIpc) is 2.86. The summed E-state index contributed by atoms with van der Waals surface area (Å²) in [6.07, 6.45) is 1.65. The summed E-state index contributed by atoms with van der Waals surface area (Å²) >= 11 is 0. The van der Waals surface area contributed by atoms with Crippen LogP contribution in [0.1, 0.15) is 24.2 Å². The molecular weight excluding hydrogens is 244 g/mol. The highest BCUT2D eigenvalue weighted by Crippen LogP contribution is 2.15. The van der Waals surface area contributed by atoms with Gasteiger partial charge < -0.3 is 10.6 Å². The van der Waals surface area contributed by atoms with Crippen molar-refractivity contribution in [2.45, 2.75) is 19.9 Å². The zero-order valence-electron chi connectivity index (χ0n) is 10.9. The van der Waals surface area contributed by atoms with Gasteiger partial charge in [-0.05, 0) is 19.9 Å². The molecule has 3 N–H and O–H groups in total. The van der Waals surface area contributed by atoms with E-state index in [0.29, 0.717) is 17.6 Å². The van der Waals surface area contributed by atoms with Gasteiger partial charge in [0.2, 0.25) is 5.91 Å². The van der Waals surface area contributed by atoms with E-state index in [-0.39, 0.29) is 11.8 Å². The lowest BCUT2D eigenvalue weighted by Crippen LogP contribution is -2.44. The number of nitrogens with one attached hydrogen (secondary N) is 3. The Balaban J connectivity index is 2.16. The molecule has 0 spiro atoms. The number of carbonyl (C=O) groups is 2. The first-order valence-corrected chi connectivity index (χ1v) is 6.14. The van der Waals surface area contributed by atoms with Gasteiger partial charge in [-0.3, -0.25) is 14.7 Å². The zero-order chi connectivity index (χ0) is 13.8. The quantitative estimate of drug-likeness (QED) is 0.760. The van der Waals surface area contributed by atoms with Crippen molar-refractivity contribution in [1.82, 2.24) is 20.8 Å². The third-order valence-corrected chi connectivity index (χ3v) is 2.81. The van der Waals surface area contributed by atoms with Crippen LogP contribution in [0, 0.1) is 0 Å². The molecule has 0 fully saturated rings. The van der Waals surface area contributed by atoms with Crippen LogP contribution in [0.15, 0.2) is 24.4 Å². The Morgan fingerprint density at radius 2 is 2.21 bits per heavy atom. The second-order valence-electron chi connectivity index (χ2n) is 4.23. The largest absolute Gasteiger partial charge is 0.355 e. The summed E-state index contributed by atoms with van der Waals surface area (Å²) in [6, 6.07) is 4.76. The molecule has 6 nitrogen and oxygen atoms in total. The first-order chi connectivity index (χ1) is 9.13. The highest BCUT2D eigenvalue weighted by atomic mass is 16.2. The molecule has 0 radical (unpaired) electrons. The molecule has 100 valence electrons. The van der Waals surface area contributed by atoms with Crippen LogP contribution in [0.5, 0.6) is 0 Å². The smallest absolute Gasteiger partial charge is 0.254 e. The Morgan fingerprint density at radius 1 is 1.42 bits per heavy atom. The summed E-state index contributed by atoms with van der Waals surface area (Å²) < 4.78 is 0. The van der Waals surface area contributed by atoms with Gasteiger partial charge in [-0.15, -0.1) is 0 Å². The monoisotopic (exact) mass is 260 g/mol. The Bertz CT molecular complexity index is 605. The number of carbonyl (C=O) groups excluding carboxylic acids is 2. The molecule has 1 heterocycles. The third-order valence-electron chi connectivity index (χ3n) is 2.81. The van der Waals surface area contributed by atoms with E-state index >= 15 is 0 Å². The van der Waals surface area contributed by atoms with Gasteiger partial charge in [0.15, 0.2) is 0 Å². The maximum Gasteiger partial charge on any atom is 0.254 e. The molecule has 2 amide bonds. The molecule has 0 saturated carbocycles. The summed E-state index contributed by atoms with van der Waals surface area (Å²) in [5, 5.41) is 12.9. The van der Waals surface area contributed by atoms with Gasteiger partial charge in [-0.2, -0.15) is 5.10 Å². The van der Waals surface area contributed by atoms with Gasteiger partial charge in [0.1, 0.15) is 6.04 Å². The molecule has 2 rings (SSSR count). The predicted octanol–water partition coefficient (Wildman–Crippen LogP) is 0.817. The van der Waals surface area contributed by atoms with E-state index in [2.05, 4.69) is 20.8 Å². The standard InChI is InChI=1S/C13H16N4O2/c1-3-14-12(18)8(2)16-13(19)10-6-4-5-9-7-15-17-11(9)10/h4-8H,3H2,1-2H3,(H,14,18)(H,15,17)(H,16,19). The molecular formula is C13H16N4O2. The number of para-hydroxylation sites is 1. The fourth-order valence-electron chi connectivity index (χ4n) is 1.83. The third kappa shape index (κ3) is 2.73. The summed E-state index contributed by atoms with van der Waals surface area (Å²) in [4.78, 5) is 23.7. The number of hydrogen-bond acceptors (Lipinski definition) is 3. The molecule has 0 bridgehead atoms. The molecule has 1 atom stereocenters. The van der Waals surface area contributed by atoms with Crippen molar-refractivity contribution in [3.05, 3.63) is 30.0 Å². The Hall–Kier alpha value is -2.37. The van der Waals surface area contributed by atoms with E-state index in [9.17, 15) is 9.59 Å². The Morgan fingerprint density at radius 3 is 2.95 bits per heavy atom. The number of H-pyrrole nitrogens is 1. The first kappa shape index (κ1) is 13.1. The molecule has 0 aliphatic heterocycles. The predicted molar refractivity (Wildman–Crippen MR) is 71.7 cm³/mol. The second kappa shape index (κ2) is 5.51. The molecule has 2 aromatic rings.